The van der Waals surface area contributed by atoms with Gasteiger partial charge in [0.2, 0.25) is 5.91 Å². The monoisotopic (exact) mass is 297 g/mol. The first-order chi connectivity index (χ1) is 9.97. The van der Waals surface area contributed by atoms with Gasteiger partial charge in [-0.1, -0.05) is 33.1 Å². The molecule has 0 saturated carbocycles. The number of likely N-dealkylation sites (N-methyl/N-ethyl adjacent to an activating group) is 1. The van der Waals surface area contributed by atoms with Crippen molar-refractivity contribution in [1.29, 1.82) is 0 Å². The van der Waals surface area contributed by atoms with E-state index in [1.54, 1.807) is 0 Å². The first kappa shape index (κ1) is 18.4. The second kappa shape index (κ2) is 10.2. The van der Waals surface area contributed by atoms with E-state index in [9.17, 15) is 4.79 Å². The van der Waals surface area contributed by atoms with Crippen LogP contribution in [0.2, 0.25) is 0 Å². The predicted octanol–water partition coefficient (Wildman–Crippen LogP) is 2.39. The number of hydrogen-bond acceptors (Lipinski definition) is 3. The van der Waals surface area contributed by atoms with Crippen LogP contribution in [0.1, 0.15) is 59.3 Å². The maximum Gasteiger partial charge on any atom is 0.234 e. The molecule has 1 rings (SSSR count). The molecule has 2 atom stereocenters. The molecule has 4 heteroatoms. The molecule has 2 unspecified atom stereocenters. The Hall–Kier alpha value is -0.610. The Labute approximate surface area is 131 Å². The highest BCUT2D eigenvalue weighted by molar-refractivity contribution is 5.78. The van der Waals surface area contributed by atoms with Crippen molar-refractivity contribution in [3.05, 3.63) is 0 Å². The number of hydrogen-bond donors (Lipinski definition) is 2. The van der Waals surface area contributed by atoms with E-state index in [1.165, 1.54) is 32.1 Å². The molecule has 0 spiro atoms. The Bertz CT molecular complexity index is 288. The van der Waals surface area contributed by atoms with Crippen LogP contribution in [-0.2, 0) is 4.79 Å². The fourth-order valence-corrected chi connectivity index (χ4v) is 2.99. The van der Waals surface area contributed by atoms with Crippen molar-refractivity contribution in [2.24, 2.45) is 5.92 Å². The second-order valence-corrected chi connectivity index (χ2v) is 7.14. The normalized spacial score (nSPS) is 20.8. The molecular formula is C17H35N3O. The van der Waals surface area contributed by atoms with E-state index in [-0.39, 0.29) is 11.9 Å². The van der Waals surface area contributed by atoms with E-state index < -0.39 is 0 Å². The van der Waals surface area contributed by atoms with Crippen molar-refractivity contribution in [2.75, 3.05) is 26.7 Å². The average molecular weight is 297 g/mol. The van der Waals surface area contributed by atoms with Crippen LogP contribution in [0.4, 0.5) is 0 Å². The number of carbonyl (C=O) groups is 1. The molecule has 0 bridgehead atoms. The van der Waals surface area contributed by atoms with Crippen LogP contribution in [0.25, 0.3) is 0 Å². The molecule has 2 N–H and O–H groups in total. The summed E-state index contributed by atoms with van der Waals surface area (Å²) >= 11 is 0. The van der Waals surface area contributed by atoms with E-state index in [0.717, 1.165) is 25.4 Å². The van der Waals surface area contributed by atoms with Gasteiger partial charge in [0.25, 0.3) is 0 Å². The molecule has 4 nitrogen and oxygen atoms in total. The van der Waals surface area contributed by atoms with Gasteiger partial charge in [0, 0.05) is 18.6 Å². The summed E-state index contributed by atoms with van der Waals surface area (Å²) in [5.74, 6) is 0.910. The van der Waals surface area contributed by atoms with Crippen LogP contribution in [0, 0.1) is 5.92 Å². The van der Waals surface area contributed by atoms with Crippen molar-refractivity contribution < 1.29 is 4.79 Å². The Morgan fingerprint density at radius 1 is 1.29 bits per heavy atom. The van der Waals surface area contributed by atoms with Crippen LogP contribution in [0.5, 0.6) is 0 Å². The lowest BCUT2D eigenvalue weighted by molar-refractivity contribution is -0.122. The minimum atomic E-state index is 0.158. The van der Waals surface area contributed by atoms with E-state index in [1.807, 2.05) is 7.05 Å². The highest BCUT2D eigenvalue weighted by Crippen LogP contribution is 2.09. The first-order valence-electron chi connectivity index (χ1n) is 8.68. The van der Waals surface area contributed by atoms with Crippen LogP contribution in [0.15, 0.2) is 0 Å². The molecule has 1 amide bonds. The summed E-state index contributed by atoms with van der Waals surface area (Å²) in [7, 11) is 2.04. The minimum absolute atomic E-state index is 0.158. The smallest absolute Gasteiger partial charge is 0.234 e. The zero-order valence-corrected chi connectivity index (χ0v) is 14.5. The van der Waals surface area contributed by atoms with Gasteiger partial charge in [-0.05, 0) is 45.7 Å². The Balaban J connectivity index is 2.13. The van der Waals surface area contributed by atoms with Crippen LogP contribution in [0.3, 0.4) is 0 Å². The Kier molecular flexibility index (Phi) is 8.93. The number of nitrogens with one attached hydrogen (secondary N) is 2. The zero-order chi connectivity index (χ0) is 15.7. The number of rotatable bonds is 9. The highest BCUT2D eigenvalue weighted by Gasteiger charge is 2.16. The molecule has 1 saturated heterocycles. The average Bonchev–Trinajstić information content (AvgIpc) is 2.38. The molecular weight excluding hydrogens is 262 g/mol. The summed E-state index contributed by atoms with van der Waals surface area (Å²) in [6.45, 7) is 9.20. The van der Waals surface area contributed by atoms with E-state index in [2.05, 4.69) is 36.3 Å². The van der Waals surface area contributed by atoms with Crippen molar-refractivity contribution in [3.8, 4) is 0 Å². The molecule has 0 aliphatic carbocycles. The third kappa shape index (κ3) is 9.10. The Morgan fingerprint density at radius 2 is 2.05 bits per heavy atom. The lowest BCUT2D eigenvalue weighted by atomic mass is 10.0. The van der Waals surface area contributed by atoms with Gasteiger partial charge in [-0.2, -0.15) is 0 Å². The maximum atomic E-state index is 12.0. The molecule has 0 aromatic heterocycles. The summed E-state index contributed by atoms with van der Waals surface area (Å²) in [6, 6.07) is 0.845. The summed E-state index contributed by atoms with van der Waals surface area (Å²) in [4.78, 5) is 14.2. The second-order valence-electron chi connectivity index (χ2n) is 7.14. The summed E-state index contributed by atoms with van der Waals surface area (Å²) in [6.07, 6.45) is 7.35. The fourth-order valence-electron chi connectivity index (χ4n) is 2.99. The van der Waals surface area contributed by atoms with E-state index in [0.29, 0.717) is 12.6 Å². The molecule has 1 fully saturated rings. The standard InChI is InChI=1S/C17H35N3O/c1-14(2)8-7-9-15(3)19-17(21)13-20(4)12-16-10-5-6-11-18-16/h14-16,18H,5-13H2,1-4H3,(H,19,21). The van der Waals surface area contributed by atoms with Crippen molar-refractivity contribution >= 4 is 5.91 Å². The SMILES string of the molecule is CC(C)CCCC(C)NC(=O)CN(C)CC1CCCCN1. The van der Waals surface area contributed by atoms with Crippen molar-refractivity contribution in [2.45, 2.75) is 71.4 Å². The molecule has 0 aromatic rings. The van der Waals surface area contributed by atoms with Gasteiger partial charge in [0.1, 0.15) is 0 Å². The third-order valence-electron chi connectivity index (χ3n) is 4.18. The first-order valence-corrected chi connectivity index (χ1v) is 8.68. The topological polar surface area (TPSA) is 44.4 Å². The van der Waals surface area contributed by atoms with Gasteiger partial charge in [-0.15, -0.1) is 0 Å². The molecule has 1 aliphatic rings. The number of carbonyl (C=O) groups excluding carboxylic acids is 1. The number of piperidine rings is 1. The van der Waals surface area contributed by atoms with Crippen LogP contribution < -0.4 is 10.6 Å². The summed E-state index contributed by atoms with van der Waals surface area (Å²) in [5, 5.41) is 6.65. The van der Waals surface area contributed by atoms with Gasteiger partial charge < -0.3 is 10.6 Å². The quantitative estimate of drug-likeness (QED) is 0.687. The number of nitrogens with zero attached hydrogens (tertiary/aromatic N) is 1. The number of amides is 1. The zero-order valence-electron chi connectivity index (χ0n) is 14.5. The van der Waals surface area contributed by atoms with Gasteiger partial charge in [0.15, 0.2) is 0 Å². The van der Waals surface area contributed by atoms with Gasteiger partial charge in [0.05, 0.1) is 6.54 Å². The van der Waals surface area contributed by atoms with Gasteiger partial charge in [-0.3, -0.25) is 9.69 Å². The van der Waals surface area contributed by atoms with E-state index >= 15 is 0 Å². The van der Waals surface area contributed by atoms with Crippen LogP contribution >= 0.6 is 0 Å². The van der Waals surface area contributed by atoms with Crippen molar-refractivity contribution in [3.63, 3.8) is 0 Å². The van der Waals surface area contributed by atoms with Crippen LogP contribution in [-0.4, -0.2) is 49.6 Å². The molecule has 1 aliphatic heterocycles. The molecule has 0 aromatic carbocycles. The maximum absolute atomic E-state index is 12.0. The molecule has 124 valence electrons. The minimum Gasteiger partial charge on any atom is -0.353 e. The predicted molar refractivity (Wildman–Crippen MR) is 89.4 cm³/mol. The van der Waals surface area contributed by atoms with Gasteiger partial charge >= 0.3 is 0 Å². The largest absolute Gasteiger partial charge is 0.353 e. The Morgan fingerprint density at radius 3 is 2.67 bits per heavy atom. The van der Waals surface area contributed by atoms with Gasteiger partial charge in [-0.25, -0.2) is 0 Å². The fraction of sp³-hybridized carbons (Fsp3) is 0.941. The summed E-state index contributed by atoms with van der Waals surface area (Å²) in [5.41, 5.74) is 0. The lowest BCUT2D eigenvalue weighted by Gasteiger charge is -2.28. The lowest BCUT2D eigenvalue weighted by Crippen LogP contribution is -2.46. The summed E-state index contributed by atoms with van der Waals surface area (Å²) < 4.78 is 0. The molecule has 0 radical (unpaired) electrons. The third-order valence-corrected chi connectivity index (χ3v) is 4.18. The molecule has 1 heterocycles. The molecule has 21 heavy (non-hydrogen) atoms. The van der Waals surface area contributed by atoms with E-state index in [4.69, 9.17) is 0 Å². The highest BCUT2D eigenvalue weighted by atomic mass is 16.2. The van der Waals surface area contributed by atoms with Crippen molar-refractivity contribution in [1.82, 2.24) is 15.5 Å².